The van der Waals surface area contributed by atoms with Crippen LogP contribution in [-0.4, -0.2) is 39.9 Å². The molecule has 60 heavy (non-hydrogen) atoms. The van der Waals surface area contributed by atoms with Crippen molar-refractivity contribution in [1.29, 1.82) is 0 Å². The average molecular weight is 771 g/mol. The van der Waals surface area contributed by atoms with Gasteiger partial charge in [-0.1, -0.05) is 103 Å². The van der Waals surface area contributed by atoms with Crippen LogP contribution >= 0.6 is 0 Å². The molecule has 8 nitrogen and oxygen atoms in total. The Balaban J connectivity index is 1.30. The first-order valence-corrected chi connectivity index (χ1v) is 19.8. The number of fused-ring (bicyclic) bond motifs is 8. The van der Waals surface area contributed by atoms with Crippen LogP contribution in [0, 0.1) is 0 Å². The number of aromatic amines is 2. The Bertz CT molecular complexity index is 3190. The van der Waals surface area contributed by atoms with Crippen LogP contribution in [-0.2, 0) is 0 Å². The number of hydrogen-bond donors (Lipinski definition) is 2. The molecule has 8 heteroatoms. The van der Waals surface area contributed by atoms with E-state index in [0.717, 1.165) is 89.5 Å². The first kappa shape index (κ1) is 34.9. The van der Waals surface area contributed by atoms with Crippen LogP contribution in [0.3, 0.4) is 0 Å². The molecule has 2 aliphatic heterocycles. The van der Waals surface area contributed by atoms with E-state index >= 15 is 0 Å². The van der Waals surface area contributed by atoms with Gasteiger partial charge in [-0.2, -0.15) is 0 Å². The predicted octanol–water partition coefficient (Wildman–Crippen LogP) is 12.2. The summed E-state index contributed by atoms with van der Waals surface area (Å²) in [5.41, 5.74) is 16.4. The number of nitrogens with zero attached hydrogens (tertiary/aromatic N) is 6. The summed E-state index contributed by atoms with van der Waals surface area (Å²) in [5.74, 6) is 0.485. The van der Waals surface area contributed by atoms with E-state index in [1.165, 1.54) is 0 Å². The molecular formula is C52H34N8. The van der Waals surface area contributed by atoms with E-state index in [4.69, 9.17) is 19.9 Å². The number of benzene rings is 3. The van der Waals surface area contributed by atoms with Gasteiger partial charge in [0.25, 0.3) is 0 Å². The quantitative estimate of drug-likeness (QED) is 0.174. The molecule has 0 saturated heterocycles. The van der Waals surface area contributed by atoms with Crippen LogP contribution in [0.5, 0.6) is 0 Å². The molecule has 0 unspecified atom stereocenters. The minimum absolute atomic E-state index is 0.485. The fourth-order valence-corrected chi connectivity index (χ4v) is 8.02. The van der Waals surface area contributed by atoms with E-state index < -0.39 is 0 Å². The Morgan fingerprint density at radius 2 is 0.650 bits per heavy atom. The molecule has 6 aromatic heterocycles. The minimum Gasteiger partial charge on any atom is -0.354 e. The second-order valence-corrected chi connectivity index (χ2v) is 14.5. The largest absolute Gasteiger partial charge is 0.354 e. The third kappa shape index (κ3) is 6.38. The molecule has 8 heterocycles. The summed E-state index contributed by atoms with van der Waals surface area (Å²) in [6.45, 7) is 0. The van der Waals surface area contributed by atoms with Crippen LogP contribution < -0.4 is 0 Å². The topological polar surface area (TPSA) is 109 Å². The zero-order chi connectivity index (χ0) is 39.8. The molecule has 0 fully saturated rings. The molecule has 2 N–H and O–H groups in total. The summed E-state index contributed by atoms with van der Waals surface area (Å²) in [4.78, 5) is 38.3. The van der Waals surface area contributed by atoms with Crippen molar-refractivity contribution < 1.29 is 0 Å². The molecule has 282 valence electrons. The van der Waals surface area contributed by atoms with Gasteiger partial charge in [-0.05, 0) is 95.6 Å². The van der Waals surface area contributed by atoms with Gasteiger partial charge in [-0.15, -0.1) is 0 Å². The van der Waals surface area contributed by atoms with Crippen molar-refractivity contribution in [3.63, 3.8) is 0 Å². The summed E-state index contributed by atoms with van der Waals surface area (Å²) in [5, 5.41) is 0. The van der Waals surface area contributed by atoms with Gasteiger partial charge in [0, 0.05) is 45.6 Å². The number of hydrogen-bond acceptors (Lipinski definition) is 6. The van der Waals surface area contributed by atoms with Crippen molar-refractivity contribution >= 4 is 46.4 Å². The van der Waals surface area contributed by atoms with E-state index in [2.05, 4.69) is 141 Å². The maximum Gasteiger partial charge on any atom is 0.164 e. The second-order valence-electron chi connectivity index (χ2n) is 14.5. The van der Waals surface area contributed by atoms with Crippen molar-refractivity contribution in [2.24, 2.45) is 0 Å². The highest BCUT2D eigenvalue weighted by molar-refractivity contribution is 5.99. The first-order chi connectivity index (χ1) is 29.7. The molecule has 2 aliphatic rings. The predicted molar refractivity (Wildman–Crippen MR) is 243 cm³/mol. The van der Waals surface area contributed by atoms with E-state index in [-0.39, 0.29) is 0 Å². The lowest BCUT2D eigenvalue weighted by atomic mass is 10.0. The highest BCUT2D eigenvalue weighted by Gasteiger charge is 2.21. The molecule has 9 aromatic rings. The third-order valence-corrected chi connectivity index (χ3v) is 10.7. The average Bonchev–Trinajstić information content (AvgIpc) is 4.17. The summed E-state index contributed by atoms with van der Waals surface area (Å²) in [6, 6.07) is 53.3. The van der Waals surface area contributed by atoms with Crippen LogP contribution in [0.25, 0.3) is 114 Å². The van der Waals surface area contributed by atoms with E-state index in [1.807, 2.05) is 60.7 Å². The number of H-pyrrole nitrogens is 2. The zero-order valence-electron chi connectivity index (χ0n) is 32.2. The normalized spacial score (nSPS) is 11.9. The van der Waals surface area contributed by atoms with Crippen molar-refractivity contribution in [2.75, 3.05) is 0 Å². The highest BCUT2D eigenvalue weighted by Crippen LogP contribution is 2.38. The fourth-order valence-electron chi connectivity index (χ4n) is 8.02. The van der Waals surface area contributed by atoms with Gasteiger partial charge in [-0.25, -0.2) is 19.9 Å². The van der Waals surface area contributed by atoms with E-state index in [9.17, 15) is 0 Å². The van der Waals surface area contributed by atoms with Gasteiger partial charge >= 0.3 is 0 Å². The summed E-state index contributed by atoms with van der Waals surface area (Å²) in [7, 11) is 0. The monoisotopic (exact) mass is 770 g/mol. The maximum absolute atomic E-state index is 5.44. The van der Waals surface area contributed by atoms with Gasteiger partial charge in [-0.3, -0.25) is 9.97 Å². The minimum atomic E-state index is 0.485. The van der Waals surface area contributed by atoms with Gasteiger partial charge in [0.2, 0.25) is 0 Å². The van der Waals surface area contributed by atoms with Crippen LogP contribution in [0.4, 0.5) is 0 Å². The Labute approximate surface area is 345 Å². The van der Waals surface area contributed by atoms with Crippen molar-refractivity contribution in [3.8, 4) is 67.5 Å². The fraction of sp³-hybridized carbons (Fsp3) is 0. The maximum atomic E-state index is 5.44. The molecule has 3 aromatic carbocycles. The van der Waals surface area contributed by atoms with Crippen molar-refractivity contribution in [2.45, 2.75) is 0 Å². The molecular weight excluding hydrogens is 737 g/mol. The van der Waals surface area contributed by atoms with Crippen LogP contribution in [0.15, 0.2) is 170 Å². The third-order valence-electron chi connectivity index (χ3n) is 10.7. The van der Waals surface area contributed by atoms with Gasteiger partial charge in [0.1, 0.15) is 0 Å². The molecule has 0 amide bonds. The Morgan fingerprint density at radius 1 is 0.300 bits per heavy atom. The van der Waals surface area contributed by atoms with E-state index in [1.54, 1.807) is 12.4 Å². The zero-order valence-corrected chi connectivity index (χ0v) is 32.2. The summed E-state index contributed by atoms with van der Waals surface area (Å²) < 4.78 is 0. The standard InChI is InChI=1S/C52H34N8/c1-4-14-33(15-5-1)48-38-22-24-40(55-38)49(34-16-6-2-7-17-34)42-26-28-44(57-42)51(45-29-27-43(58-45)50(35-18-8-3-9-19-35)41-25-23-39(48)56-41)52-59-46(36-20-10-12-30-53-36)32-47(60-52)37-21-11-13-31-54-37/h1-32,55,58H. The molecule has 0 atom stereocenters. The summed E-state index contributed by atoms with van der Waals surface area (Å²) in [6.07, 6.45) is 11.9. The molecule has 0 spiro atoms. The molecule has 0 aliphatic carbocycles. The molecule has 11 rings (SSSR count). The lowest BCUT2D eigenvalue weighted by molar-refractivity contribution is 1.14. The second kappa shape index (κ2) is 14.9. The number of aromatic nitrogens is 8. The number of nitrogens with one attached hydrogen (secondary N) is 2. The number of pyridine rings is 2. The first-order valence-electron chi connectivity index (χ1n) is 19.8. The molecule has 8 bridgehead atoms. The summed E-state index contributed by atoms with van der Waals surface area (Å²) >= 11 is 0. The van der Waals surface area contributed by atoms with Crippen molar-refractivity contribution in [1.82, 2.24) is 39.9 Å². The smallest absolute Gasteiger partial charge is 0.164 e. The number of rotatable bonds is 6. The Kier molecular flexibility index (Phi) is 8.63. The van der Waals surface area contributed by atoms with E-state index in [0.29, 0.717) is 22.9 Å². The molecule has 0 saturated carbocycles. The Morgan fingerprint density at radius 3 is 1.02 bits per heavy atom. The molecule has 0 radical (unpaired) electrons. The van der Waals surface area contributed by atoms with Gasteiger partial charge < -0.3 is 9.97 Å². The van der Waals surface area contributed by atoms with Gasteiger partial charge in [0.05, 0.1) is 56.6 Å². The lowest BCUT2D eigenvalue weighted by Gasteiger charge is -2.09. The van der Waals surface area contributed by atoms with Crippen molar-refractivity contribution in [3.05, 3.63) is 193 Å². The lowest BCUT2D eigenvalue weighted by Crippen LogP contribution is -1.99. The highest BCUT2D eigenvalue weighted by atomic mass is 14.9. The van der Waals surface area contributed by atoms with Crippen LogP contribution in [0.2, 0.25) is 0 Å². The Hall–Kier alpha value is -8.36. The SMILES string of the molecule is C1=Cc2nc1c(-c1ccccc1)c1ccc([nH]1)c(-c1ccccc1)c1nc(c(-c3nc(-c4ccccn4)cc(-c4ccccn4)n3)c3ccc([nH]3)c2-c2ccccc2)C=C1. The van der Waals surface area contributed by atoms with Crippen LogP contribution in [0.1, 0.15) is 22.8 Å². The van der Waals surface area contributed by atoms with Gasteiger partial charge in [0.15, 0.2) is 5.82 Å².